The van der Waals surface area contributed by atoms with Gasteiger partial charge in [-0.1, -0.05) is 30.3 Å². The molecule has 10 nitrogen and oxygen atoms in total. The summed E-state index contributed by atoms with van der Waals surface area (Å²) in [5.41, 5.74) is 3.48. The van der Waals surface area contributed by atoms with Gasteiger partial charge in [-0.2, -0.15) is 10.4 Å². The van der Waals surface area contributed by atoms with E-state index in [2.05, 4.69) is 26.8 Å². The minimum Gasteiger partial charge on any atom is -0.462 e. The van der Waals surface area contributed by atoms with Crippen LogP contribution in [0.2, 0.25) is 0 Å². The van der Waals surface area contributed by atoms with Crippen molar-refractivity contribution in [1.29, 1.82) is 5.26 Å². The average Bonchev–Trinajstić information content (AvgIpc) is 3.53. The second kappa shape index (κ2) is 13.5. The monoisotopic (exact) mass is 563 g/mol. The Morgan fingerprint density at radius 3 is 2.45 bits per heavy atom. The fourth-order valence-corrected chi connectivity index (χ4v) is 5.14. The third-order valence-corrected chi connectivity index (χ3v) is 7.30. The van der Waals surface area contributed by atoms with Crippen LogP contribution in [0.3, 0.4) is 0 Å². The summed E-state index contributed by atoms with van der Waals surface area (Å²) in [4.78, 5) is 31.9. The van der Waals surface area contributed by atoms with Crippen molar-refractivity contribution in [3.05, 3.63) is 102 Å². The standard InChI is InChI=1S/C32H33N7O3/c1-2-42-31(40)25-21-36-38(22-25)27-13-15-29(16-14-27)39(32(41)35-19-23-6-4-3-5-7-23)28-11-9-26(10-12-28)37-30-17-8-24(18-33)20-34-30/h3-8,13-17,20-22,26,28H,2,9-12,19H2,1H3,(H,34,37)(H,35,41)/t26-,28-. The second-order valence-corrected chi connectivity index (χ2v) is 10.1. The molecule has 4 aromatic rings. The van der Waals surface area contributed by atoms with Crippen molar-refractivity contribution < 1.29 is 14.3 Å². The third-order valence-electron chi connectivity index (χ3n) is 7.30. The molecule has 2 heterocycles. The Balaban J connectivity index is 1.30. The summed E-state index contributed by atoms with van der Waals surface area (Å²) in [6.45, 7) is 2.49. The molecular formula is C32H33N7O3. The predicted molar refractivity (Wildman–Crippen MR) is 159 cm³/mol. The van der Waals surface area contributed by atoms with E-state index in [9.17, 15) is 9.59 Å². The molecule has 1 saturated carbocycles. The zero-order chi connectivity index (χ0) is 29.3. The Hall–Kier alpha value is -5.17. The fourth-order valence-electron chi connectivity index (χ4n) is 5.14. The molecule has 10 heteroatoms. The number of carbonyl (C=O) groups excluding carboxylic acids is 2. The number of esters is 1. The smallest absolute Gasteiger partial charge is 0.341 e. The number of pyridine rings is 1. The number of nitrogens with zero attached hydrogens (tertiary/aromatic N) is 5. The number of nitriles is 1. The Labute approximate surface area is 244 Å². The minimum absolute atomic E-state index is 0.0127. The number of urea groups is 1. The maximum absolute atomic E-state index is 13.6. The number of nitrogens with one attached hydrogen (secondary N) is 2. The van der Waals surface area contributed by atoms with E-state index < -0.39 is 5.97 Å². The van der Waals surface area contributed by atoms with Crippen molar-refractivity contribution in [1.82, 2.24) is 20.1 Å². The van der Waals surface area contributed by atoms with Gasteiger partial charge in [-0.3, -0.25) is 4.90 Å². The van der Waals surface area contributed by atoms with Crippen LogP contribution in [-0.4, -0.2) is 45.5 Å². The largest absolute Gasteiger partial charge is 0.462 e. The van der Waals surface area contributed by atoms with Gasteiger partial charge in [0.05, 0.1) is 29.6 Å². The second-order valence-electron chi connectivity index (χ2n) is 10.1. The molecule has 0 spiro atoms. The lowest BCUT2D eigenvalue weighted by molar-refractivity contribution is 0.0526. The van der Waals surface area contributed by atoms with Crippen LogP contribution < -0.4 is 15.5 Å². The number of anilines is 2. The zero-order valence-electron chi connectivity index (χ0n) is 23.4. The van der Waals surface area contributed by atoms with Crippen LogP contribution in [-0.2, 0) is 11.3 Å². The van der Waals surface area contributed by atoms with Gasteiger partial charge in [-0.15, -0.1) is 0 Å². The summed E-state index contributed by atoms with van der Waals surface area (Å²) >= 11 is 0. The highest BCUT2D eigenvalue weighted by molar-refractivity contribution is 5.92. The normalized spacial score (nSPS) is 16.2. The zero-order valence-corrected chi connectivity index (χ0v) is 23.4. The average molecular weight is 564 g/mol. The Morgan fingerprint density at radius 2 is 1.79 bits per heavy atom. The molecule has 0 atom stereocenters. The van der Waals surface area contributed by atoms with E-state index in [1.807, 2.05) is 65.6 Å². The van der Waals surface area contributed by atoms with Gasteiger partial charge in [0.1, 0.15) is 11.9 Å². The van der Waals surface area contributed by atoms with E-state index in [1.165, 1.54) is 6.20 Å². The highest BCUT2D eigenvalue weighted by Gasteiger charge is 2.30. The first-order chi connectivity index (χ1) is 20.5. The number of aromatic nitrogens is 3. The van der Waals surface area contributed by atoms with Crippen molar-refractivity contribution in [2.24, 2.45) is 0 Å². The first kappa shape index (κ1) is 28.4. The molecule has 2 aromatic carbocycles. The summed E-state index contributed by atoms with van der Waals surface area (Å²) in [6.07, 6.45) is 8.06. The lowest BCUT2D eigenvalue weighted by atomic mass is 9.90. The van der Waals surface area contributed by atoms with E-state index in [0.29, 0.717) is 24.3 Å². The predicted octanol–water partition coefficient (Wildman–Crippen LogP) is 5.46. The van der Waals surface area contributed by atoms with Gasteiger partial charge in [-0.05, 0) is 74.6 Å². The summed E-state index contributed by atoms with van der Waals surface area (Å²) in [5, 5.41) is 19.9. The van der Waals surface area contributed by atoms with Crippen molar-refractivity contribution >= 4 is 23.5 Å². The molecule has 0 radical (unpaired) electrons. The Morgan fingerprint density at radius 1 is 1.02 bits per heavy atom. The molecule has 214 valence electrons. The van der Waals surface area contributed by atoms with Crippen molar-refractivity contribution in [2.75, 3.05) is 16.8 Å². The van der Waals surface area contributed by atoms with Crippen LogP contribution in [0, 0.1) is 11.3 Å². The summed E-state index contributed by atoms with van der Waals surface area (Å²) in [7, 11) is 0. The quantitative estimate of drug-likeness (QED) is 0.259. The molecule has 2 N–H and O–H groups in total. The summed E-state index contributed by atoms with van der Waals surface area (Å²) in [6, 6.07) is 23.2. The van der Waals surface area contributed by atoms with Gasteiger partial charge < -0.3 is 15.4 Å². The molecule has 42 heavy (non-hydrogen) atoms. The number of rotatable bonds is 9. The van der Waals surface area contributed by atoms with Crippen LogP contribution in [0.25, 0.3) is 5.69 Å². The van der Waals surface area contributed by atoms with Crippen LogP contribution in [0.5, 0.6) is 0 Å². The molecule has 1 fully saturated rings. The van der Waals surface area contributed by atoms with Crippen LogP contribution >= 0.6 is 0 Å². The van der Waals surface area contributed by atoms with Gasteiger partial charge in [0.15, 0.2) is 0 Å². The van der Waals surface area contributed by atoms with Crippen LogP contribution in [0.15, 0.2) is 85.3 Å². The van der Waals surface area contributed by atoms with E-state index in [4.69, 9.17) is 10.00 Å². The minimum atomic E-state index is -0.415. The van der Waals surface area contributed by atoms with Crippen molar-refractivity contribution in [2.45, 2.75) is 51.2 Å². The number of ether oxygens (including phenoxy) is 1. The van der Waals surface area contributed by atoms with E-state index >= 15 is 0 Å². The summed E-state index contributed by atoms with van der Waals surface area (Å²) < 4.78 is 6.68. The fraction of sp³-hybridized carbons (Fsp3) is 0.281. The van der Waals surface area contributed by atoms with Gasteiger partial charge in [0.25, 0.3) is 0 Å². The van der Waals surface area contributed by atoms with E-state index in [1.54, 1.807) is 30.1 Å². The summed E-state index contributed by atoms with van der Waals surface area (Å²) in [5.74, 6) is 0.330. The first-order valence-corrected chi connectivity index (χ1v) is 14.1. The highest BCUT2D eigenvalue weighted by Crippen LogP contribution is 2.30. The number of hydrogen-bond donors (Lipinski definition) is 2. The van der Waals surface area contributed by atoms with Crippen molar-refractivity contribution in [3.63, 3.8) is 0 Å². The van der Waals surface area contributed by atoms with E-state index in [0.717, 1.165) is 48.4 Å². The van der Waals surface area contributed by atoms with Gasteiger partial charge in [0, 0.05) is 36.7 Å². The maximum Gasteiger partial charge on any atom is 0.341 e. The van der Waals surface area contributed by atoms with Crippen molar-refractivity contribution in [3.8, 4) is 11.8 Å². The maximum atomic E-state index is 13.6. The topological polar surface area (TPSA) is 125 Å². The molecule has 5 rings (SSSR count). The molecule has 0 unspecified atom stereocenters. The molecule has 2 amide bonds. The Bertz CT molecular complexity index is 1520. The van der Waals surface area contributed by atoms with E-state index in [-0.39, 0.29) is 18.1 Å². The third kappa shape index (κ3) is 6.93. The molecule has 0 aliphatic heterocycles. The molecule has 1 aliphatic rings. The lowest BCUT2D eigenvalue weighted by Gasteiger charge is -2.37. The number of hydrogen-bond acceptors (Lipinski definition) is 7. The number of amides is 2. The SMILES string of the molecule is CCOC(=O)c1cnn(-c2ccc(N(C(=O)NCc3ccccc3)[C@H]3CC[C@H](Nc4ccc(C#N)cn4)CC3)cc2)c1. The number of carbonyl (C=O) groups is 2. The molecule has 0 bridgehead atoms. The molecule has 1 aliphatic carbocycles. The molecule has 0 saturated heterocycles. The lowest BCUT2D eigenvalue weighted by Crippen LogP contribution is -2.48. The highest BCUT2D eigenvalue weighted by atomic mass is 16.5. The van der Waals surface area contributed by atoms with Gasteiger partial charge >= 0.3 is 12.0 Å². The first-order valence-electron chi connectivity index (χ1n) is 14.1. The molecular weight excluding hydrogens is 530 g/mol. The number of benzene rings is 2. The van der Waals surface area contributed by atoms with Crippen LogP contribution in [0.4, 0.5) is 16.3 Å². The van der Waals surface area contributed by atoms with Gasteiger partial charge in [0.2, 0.25) is 0 Å². The van der Waals surface area contributed by atoms with Gasteiger partial charge in [-0.25, -0.2) is 19.3 Å². The Kier molecular flexibility index (Phi) is 9.09. The van der Waals surface area contributed by atoms with Crippen LogP contribution in [0.1, 0.15) is 54.1 Å². The molecule has 2 aromatic heterocycles.